The minimum absolute atomic E-state index is 0.0292. The van der Waals surface area contributed by atoms with Crippen molar-refractivity contribution in [3.63, 3.8) is 0 Å². The van der Waals surface area contributed by atoms with Gasteiger partial charge >= 0.3 is 15.2 Å². The molecule has 4 atom stereocenters. The van der Waals surface area contributed by atoms with Crippen LogP contribution in [0.2, 0.25) is 0 Å². The second-order valence-corrected chi connectivity index (χ2v) is 18.8. The molecule has 1 N–H and O–H groups in total. The molecule has 1 aliphatic rings. The molecule has 1 fully saturated rings. The van der Waals surface area contributed by atoms with Gasteiger partial charge in [-0.25, -0.2) is 0 Å². The number of aliphatic hydroxyl groups is 1. The second-order valence-electron chi connectivity index (χ2n) is 14.2. The summed E-state index contributed by atoms with van der Waals surface area (Å²) in [6, 6.07) is 0. The smallest absolute Gasteiger partial charge is 0.346 e. The maximum Gasteiger partial charge on any atom is 0.346 e. The Morgan fingerprint density at radius 3 is 1.14 bits per heavy atom. The van der Waals surface area contributed by atoms with E-state index in [-0.39, 0.29) is 28.6 Å². The monoisotopic (exact) mass is 568 g/mol. The lowest BCUT2D eigenvalue weighted by atomic mass is 9.58. The highest BCUT2D eigenvalue weighted by Crippen LogP contribution is 2.74. The molecule has 0 aromatic carbocycles. The highest BCUT2D eigenvalue weighted by atomic mass is 31.2. The molecule has 1 saturated carbocycles. The molecule has 222 valence electrons. The molecule has 0 aromatic heterocycles. The first-order chi connectivity index (χ1) is 16.5. The van der Waals surface area contributed by atoms with E-state index in [2.05, 4.69) is 41.5 Å². The minimum Gasteiger partial charge on any atom is -0.393 e. The number of hydrogen-bond acceptors (Lipinski definition) is 7. The zero-order valence-corrected chi connectivity index (χ0v) is 27.9. The Labute approximate surface area is 228 Å². The van der Waals surface area contributed by atoms with Gasteiger partial charge in [0.15, 0.2) is 5.40 Å². The summed E-state index contributed by atoms with van der Waals surface area (Å²) in [4.78, 5) is 0. The van der Waals surface area contributed by atoms with E-state index in [4.69, 9.17) is 18.1 Å². The van der Waals surface area contributed by atoms with Crippen LogP contribution in [0.1, 0.15) is 116 Å². The summed E-state index contributed by atoms with van der Waals surface area (Å²) >= 11 is 0. The van der Waals surface area contributed by atoms with E-state index in [0.717, 1.165) is 12.8 Å². The molecule has 7 nitrogen and oxygen atoms in total. The van der Waals surface area contributed by atoms with Gasteiger partial charge in [0, 0.05) is 0 Å². The fraction of sp³-hybridized carbons (Fsp3) is 1.00. The summed E-state index contributed by atoms with van der Waals surface area (Å²) < 4.78 is 53.3. The molecular formula is C28H58O7P2. The first kappa shape index (κ1) is 35.3. The van der Waals surface area contributed by atoms with E-state index in [9.17, 15) is 14.2 Å². The molecule has 0 heterocycles. The zero-order valence-electron chi connectivity index (χ0n) is 26.1. The van der Waals surface area contributed by atoms with Gasteiger partial charge in [0.05, 0.1) is 30.5 Å². The summed E-state index contributed by atoms with van der Waals surface area (Å²) in [7, 11) is -7.91. The van der Waals surface area contributed by atoms with Crippen LogP contribution in [0.5, 0.6) is 0 Å². The van der Waals surface area contributed by atoms with E-state index in [0.29, 0.717) is 6.42 Å². The highest BCUT2D eigenvalue weighted by molar-refractivity contribution is 7.72. The van der Waals surface area contributed by atoms with Crippen molar-refractivity contribution < 1.29 is 32.3 Å². The summed E-state index contributed by atoms with van der Waals surface area (Å²) in [5, 5.41) is 10.4. The van der Waals surface area contributed by atoms with Crippen LogP contribution in [0.4, 0.5) is 0 Å². The Morgan fingerprint density at radius 1 is 0.649 bits per heavy atom. The predicted octanol–water partition coefficient (Wildman–Crippen LogP) is 8.88. The third kappa shape index (κ3) is 10.3. The lowest BCUT2D eigenvalue weighted by molar-refractivity contribution is -0.0843. The van der Waals surface area contributed by atoms with E-state index in [1.165, 1.54) is 0 Å². The molecule has 0 saturated heterocycles. The summed E-state index contributed by atoms with van der Waals surface area (Å²) in [5.41, 5.74) is -0.258. The highest BCUT2D eigenvalue weighted by Gasteiger charge is 2.55. The molecule has 9 heteroatoms. The van der Waals surface area contributed by atoms with E-state index < -0.39 is 51.1 Å². The van der Waals surface area contributed by atoms with Gasteiger partial charge in [0.25, 0.3) is 0 Å². The third-order valence-corrected chi connectivity index (χ3v) is 13.4. The van der Waals surface area contributed by atoms with Crippen molar-refractivity contribution in [3.8, 4) is 0 Å². The van der Waals surface area contributed by atoms with Gasteiger partial charge in [-0.15, -0.1) is 0 Å². The third-order valence-electron chi connectivity index (χ3n) is 6.93. The molecule has 0 aliphatic heterocycles. The lowest BCUT2D eigenvalue weighted by Crippen LogP contribution is -2.48. The Kier molecular flexibility index (Phi) is 12.7. The Balaban J connectivity index is 3.71. The molecule has 0 amide bonds. The first-order valence-corrected chi connectivity index (χ1v) is 17.3. The maximum atomic E-state index is 14.6. The van der Waals surface area contributed by atoms with Crippen molar-refractivity contribution in [3.05, 3.63) is 0 Å². The van der Waals surface area contributed by atoms with Crippen LogP contribution in [-0.2, 0) is 27.2 Å². The molecule has 0 bridgehead atoms. The van der Waals surface area contributed by atoms with E-state index in [1.54, 1.807) is 55.4 Å². The molecule has 1 aliphatic carbocycles. The minimum atomic E-state index is -3.95. The van der Waals surface area contributed by atoms with Crippen LogP contribution < -0.4 is 0 Å². The molecule has 2 unspecified atom stereocenters. The van der Waals surface area contributed by atoms with Crippen molar-refractivity contribution in [2.75, 3.05) is 0 Å². The SMILES string of the molecule is CC(C)OP(=O)(OC(C)C)C(CC1C[C@@H](C(C)(C)C)C(O)[C@@H](C(C)(C)C)C1)P(=O)(OC(C)C)OC(C)C. The van der Waals surface area contributed by atoms with Crippen LogP contribution in [-0.4, -0.2) is 41.0 Å². The number of aliphatic hydroxyl groups excluding tert-OH is 1. The predicted molar refractivity (Wildman–Crippen MR) is 153 cm³/mol. The van der Waals surface area contributed by atoms with Crippen molar-refractivity contribution in [1.29, 1.82) is 0 Å². The zero-order chi connectivity index (χ0) is 29.1. The van der Waals surface area contributed by atoms with Gasteiger partial charge in [-0.3, -0.25) is 9.13 Å². The maximum absolute atomic E-state index is 14.6. The fourth-order valence-electron chi connectivity index (χ4n) is 5.53. The number of hydrogen-bond donors (Lipinski definition) is 1. The molecular weight excluding hydrogens is 510 g/mol. The van der Waals surface area contributed by atoms with Crippen molar-refractivity contribution in [2.24, 2.45) is 28.6 Å². The van der Waals surface area contributed by atoms with Gasteiger partial charge in [-0.2, -0.15) is 0 Å². The van der Waals surface area contributed by atoms with Crippen LogP contribution >= 0.6 is 15.2 Å². The Bertz CT molecular complexity index is 705. The van der Waals surface area contributed by atoms with Crippen LogP contribution in [0.15, 0.2) is 0 Å². The van der Waals surface area contributed by atoms with Gasteiger partial charge in [-0.05, 0) is 103 Å². The average Bonchev–Trinajstić information content (AvgIpc) is 2.61. The standard InChI is InChI=1S/C28H58O7P2/c1-18(2)32-36(30,33-19(3)4)25(37(31,34-20(5)6)35-21(7)8)17-22-15-23(27(9,10)11)26(29)24(16-22)28(12,13)14/h18-26,29H,15-17H2,1-14H3/t22?,23-,24+,26?. The van der Waals surface area contributed by atoms with Crippen molar-refractivity contribution in [1.82, 2.24) is 0 Å². The Hall–Kier alpha value is 0.260. The summed E-state index contributed by atoms with van der Waals surface area (Å²) in [6.45, 7) is 27.3. The van der Waals surface area contributed by atoms with Gasteiger partial charge < -0.3 is 23.2 Å². The van der Waals surface area contributed by atoms with Crippen LogP contribution in [0.3, 0.4) is 0 Å². The van der Waals surface area contributed by atoms with Crippen molar-refractivity contribution in [2.45, 2.75) is 152 Å². The summed E-state index contributed by atoms with van der Waals surface area (Å²) in [5.74, 6) is 0.0921. The lowest BCUT2D eigenvalue weighted by Gasteiger charge is -2.50. The number of rotatable bonds is 12. The molecule has 1 rings (SSSR count). The quantitative estimate of drug-likeness (QED) is 0.235. The largest absolute Gasteiger partial charge is 0.393 e. The molecule has 0 radical (unpaired) electrons. The molecule has 0 aromatic rings. The van der Waals surface area contributed by atoms with Crippen LogP contribution in [0, 0.1) is 28.6 Å². The van der Waals surface area contributed by atoms with Gasteiger partial charge in [-0.1, -0.05) is 41.5 Å². The van der Waals surface area contributed by atoms with Gasteiger partial charge in [0.2, 0.25) is 0 Å². The molecule has 37 heavy (non-hydrogen) atoms. The van der Waals surface area contributed by atoms with Crippen molar-refractivity contribution >= 4 is 15.2 Å². The summed E-state index contributed by atoms with van der Waals surface area (Å²) in [6.07, 6.45) is -0.327. The average molecular weight is 569 g/mol. The van der Waals surface area contributed by atoms with Gasteiger partial charge in [0.1, 0.15) is 0 Å². The van der Waals surface area contributed by atoms with Crippen LogP contribution in [0.25, 0.3) is 0 Å². The van der Waals surface area contributed by atoms with E-state index >= 15 is 0 Å². The fourth-order valence-corrected chi connectivity index (χ4v) is 11.7. The molecule has 0 spiro atoms. The second kappa shape index (κ2) is 13.3. The topological polar surface area (TPSA) is 91.3 Å². The normalized spacial score (nSPS) is 24.8. The Morgan fingerprint density at radius 2 is 0.919 bits per heavy atom. The van der Waals surface area contributed by atoms with E-state index in [1.807, 2.05) is 0 Å². The first-order valence-electron chi connectivity index (χ1n) is 14.1.